The molecule has 1 fully saturated rings. The molecule has 11 nitrogen and oxygen atoms in total. The Morgan fingerprint density at radius 2 is 1.79 bits per heavy atom. The fraction of sp³-hybridized carbons (Fsp3) is 0.273. The van der Waals surface area contributed by atoms with Gasteiger partial charge in [-0.1, -0.05) is 24.3 Å². The van der Waals surface area contributed by atoms with E-state index in [-0.39, 0.29) is 34.9 Å². The second-order valence-electron chi connectivity index (χ2n) is 7.49. The van der Waals surface area contributed by atoms with Crippen molar-refractivity contribution in [2.75, 3.05) is 38.2 Å². The monoisotopic (exact) mass is 486 g/mol. The molecule has 1 saturated heterocycles. The molecule has 0 unspecified atom stereocenters. The molecule has 1 amide bonds. The number of hydrogen-bond acceptors (Lipinski definition) is 8. The number of fused-ring (bicyclic) bond motifs is 1. The van der Waals surface area contributed by atoms with E-state index in [1.165, 1.54) is 35.6 Å². The number of nitrogens with zero attached hydrogens (tertiary/aromatic N) is 3. The number of rotatable bonds is 6. The maximum atomic E-state index is 12.8. The Labute approximate surface area is 194 Å². The SMILES string of the molecule is Cn1nc(C(=O)OCC(=O)Nc2cccc(S(=O)(=O)N3CCOCC3)c2)c2ccccc2c1=O. The first-order chi connectivity index (χ1) is 16.3. The molecule has 0 bridgehead atoms. The van der Waals surface area contributed by atoms with Gasteiger partial charge in [-0.15, -0.1) is 0 Å². The summed E-state index contributed by atoms with van der Waals surface area (Å²) in [5, 5.41) is 7.10. The van der Waals surface area contributed by atoms with Crippen LogP contribution in [0.2, 0.25) is 0 Å². The van der Waals surface area contributed by atoms with Gasteiger partial charge < -0.3 is 14.8 Å². The summed E-state index contributed by atoms with van der Waals surface area (Å²) in [6, 6.07) is 12.3. The van der Waals surface area contributed by atoms with E-state index < -0.39 is 28.5 Å². The quantitative estimate of drug-likeness (QED) is 0.504. The van der Waals surface area contributed by atoms with Gasteiger partial charge in [0.25, 0.3) is 11.5 Å². The van der Waals surface area contributed by atoms with E-state index in [1.54, 1.807) is 24.3 Å². The molecular formula is C22H22N4O7S. The second-order valence-corrected chi connectivity index (χ2v) is 9.43. The summed E-state index contributed by atoms with van der Waals surface area (Å²) in [5.41, 5.74) is -0.220. The lowest BCUT2D eigenvalue weighted by atomic mass is 10.1. The van der Waals surface area contributed by atoms with Gasteiger partial charge in [-0.3, -0.25) is 9.59 Å². The summed E-state index contributed by atoms with van der Waals surface area (Å²) >= 11 is 0. The van der Waals surface area contributed by atoms with Gasteiger partial charge in [-0.25, -0.2) is 17.9 Å². The lowest BCUT2D eigenvalue weighted by Crippen LogP contribution is -2.40. The van der Waals surface area contributed by atoms with Crippen molar-refractivity contribution in [2.45, 2.75) is 4.90 Å². The molecule has 4 rings (SSSR count). The molecule has 0 saturated carbocycles. The summed E-state index contributed by atoms with van der Waals surface area (Å²) in [6.45, 7) is 0.519. The number of carbonyl (C=O) groups excluding carboxylic acids is 2. The van der Waals surface area contributed by atoms with Crippen LogP contribution in [0.4, 0.5) is 5.69 Å². The van der Waals surface area contributed by atoms with Gasteiger partial charge in [-0.05, 0) is 24.3 Å². The molecule has 0 aliphatic carbocycles. The van der Waals surface area contributed by atoms with Crippen molar-refractivity contribution >= 4 is 38.4 Å². The highest BCUT2D eigenvalue weighted by molar-refractivity contribution is 7.89. The zero-order valence-electron chi connectivity index (χ0n) is 18.3. The normalized spacial score (nSPS) is 14.6. The average molecular weight is 487 g/mol. The van der Waals surface area contributed by atoms with Crippen LogP contribution in [-0.2, 0) is 31.3 Å². The number of ether oxygens (including phenoxy) is 2. The predicted octanol–water partition coefficient (Wildman–Crippen LogP) is 0.750. The first-order valence-electron chi connectivity index (χ1n) is 10.4. The topological polar surface area (TPSA) is 137 Å². The molecule has 0 spiro atoms. The third-order valence-electron chi connectivity index (χ3n) is 5.21. The Bertz CT molecular complexity index is 1410. The highest BCUT2D eigenvalue weighted by Crippen LogP contribution is 2.21. The molecule has 1 aliphatic rings. The van der Waals surface area contributed by atoms with Gasteiger partial charge in [0.05, 0.1) is 23.5 Å². The highest BCUT2D eigenvalue weighted by atomic mass is 32.2. The molecule has 0 radical (unpaired) electrons. The Kier molecular flexibility index (Phi) is 6.72. The van der Waals surface area contributed by atoms with E-state index in [0.29, 0.717) is 24.0 Å². The van der Waals surface area contributed by atoms with Crippen molar-refractivity contribution in [2.24, 2.45) is 7.05 Å². The van der Waals surface area contributed by atoms with Crippen LogP contribution in [-0.4, -0.2) is 67.3 Å². The van der Waals surface area contributed by atoms with Crippen LogP contribution in [0.25, 0.3) is 10.8 Å². The van der Waals surface area contributed by atoms with Gasteiger partial charge in [0.15, 0.2) is 12.3 Å². The first-order valence-corrected chi connectivity index (χ1v) is 11.8. The van der Waals surface area contributed by atoms with Gasteiger partial charge >= 0.3 is 5.97 Å². The van der Waals surface area contributed by atoms with E-state index in [2.05, 4.69) is 10.4 Å². The maximum absolute atomic E-state index is 12.8. The number of morpholine rings is 1. The number of benzene rings is 2. The van der Waals surface area contributed by atoms with Crippen LogP contribution in [0.3, 0.4) is 0 Å². The average Bonchev–Trinajstić information content (AvgIpc) is 2.85. The molecule has 34 heavy (non-hydrogen) atoms. The molecule has 2 heterocycles. The Hall–Kier alpha value is -3.61. The lowest BCUT2D eigenvalue weighted by Gasteiger charge is -2.26. The standard InChI is InChI=1S/C22H22N4O7S/c1-25-21(28)18-8-3-2-7-17(18)20(24-25)22(29)33-14-19(27)23-15-5-4-6-16(13-15)34(30,31)26-9-11-32-12-10-26/h2-8,13H,9-12,14H2,1H3,(H,23,27). The van der Waals surface area contributed by atoms with Crippen LogP contribution < -0.4 is 10.9 Å². The molecular weight excluding hydrogens is 464 g/mol. The van der Waals surface area contributed by atoms with E-state index in [9.17, 15) is 22.8 Å². The van der Waals surface area contributed by atoms with Crippen LogP contribution >= 0.6 is 0 Å². The minimum absolute atomic E-state index is 0.0325. The Morgan fingerprint density at radius 1 is 1.09 bits per heavy atom. The zero-order valence-corrected chi connectivity index (χ0v) is 19.1. The largest absolute Gasteiger partial charge is 0.451 e. The van der Waals surface area contributed by atoms with Crippen molar-refractivity contribution in [1.82, 2.24) is 14.1 Å². The van der Waals surface area contributed by atoms with Gasteiger partial charge in [-0.2, -0.15) is 9.40 Å². The summed E-state index contributed by atoms with van der Waals surface area (Å²) in [7, 11) is -2.32. The summed E-state index contributed by atoms with van der Waals surface area (Å²) in [5.74, 6) is -1.53. The summed E-state index contributed by atoms with van der Waals surface area (Å²) in [4.78, 5) is 37.2. The van der Waals surface area contributed by atoms with Crippen molar-refractivity contribution in [3.8, 4) is 0 Å². The first kappa shape index (κ1) is 23.5. The summed E-state index contributed by atoms with van der Waals surface area (Å²) in [6.07, 6.45) is 0. The fourth-order valence-corrected chi connectivity index (χ4v) is 4.97. The van der Waals surface area contributed by atoms with Crippen LogP contribution in [0.15, 0.2) is 58.2 Å². The van der Waals surface area contributed by atoms with Crippen LogP contribution in [0.1, 0.15) is 10.5 Å². The molecule has 1 aromatic heterocycles. The van der Waals surface area contributed by atoms with Crippen molar-refractivity contribution in [3.05, 3.63) is 64.6 Å². The molecule has 0 atom stereocenters. The smallest absolute Gasteiger partial charge is 0.359 e. The van der Waals surface area contributed by atoms with Crippen LogP contribution in [0, 0.1) is 0 Å². The number of hydrogen-bond donors (Lipinski definition) is 1. The molecule has 1 aliphatic heterocycles. The number of amides is 1. The highest BCUT2D eigenvalue weighted by Gasteiger charge is 2.26. The number of esters is 1. The number of nitrogens with one attached hydrogen (secondary N) is 1. The Balaban J connectivity index is 1.44. The number of aromatic nitrogens is 2. The number of sulfonamides is 1. The third kappa shape index (κ3) is 4.83. The minimum Gasteiger partial charge on any atom is -0.451 e. The number of aryl methyl sites for hydroxylation is 1. The Morgan fingerprint density at radius 3 is 2.53 bits per heavy atom. The lowest BCUT2D eigenvalue weighted by molar-refractivity contribution is -0.119. The minimum atomic E-state index is -3.73. The van der Waals surface area contributed by atoms with Gasteiger partial charge in [0.2, 0.25) is 10.0 Å². The van der Waals surface area contributed by atoms with Gasteiger partial charge in [0.1, 0.15) is 0 Å². The molecule has 12 heteroatoms. The van der Waals surface area contributed by atoms with Crippen molar-refractivity contribution < 1.29 is 27.5 Å². The zero-order chi connectivity index (χ0) is 24.3. The number of anilines is 1. The number of carbonyl (C=O) groups is 2. The molecule has 178 valence electrons. The molecule has 1 N–H and O–H groups in total. The predicted molar refractivity (Wildman–Crippen MR) is 122 cm³/mol. The van der Waals surface area contributed by atoms with Crippen LogP contribution in [0.5, 0.6) is 0 Å². The van der Waals surface area contributed by atoms with E-state index >= 15 is 0 Å². The van der Waals surface area contributed by atoms with E-state index in [1.807, 2.05) is 0 Å². The van der Waals surface area contributed by atoms with E-state index in [4.69, 9.17) is 9.47 Å². The van der Waals surface area contributed by atoms with Crippen molar-refractivity contribution in [1.29, 1.82) is 0 Å². The second kappa shape index (κ2) is 9.71. The summed E-state index contributed by atoms with van der Waals surface area (Å²) < 4.78 is 38.3. The third-order valence-corrected chi connectivity index (χ3v) is 7.10. The maximum Gasteiger partial charge on any atom is 0.359 e. The van der Waals surface area contributed by atoms with Crippen molar-refractivity contribution in [3.63, 3.8) is 0 Å². The molecule has 3 aromatic rings. The molecule has 2 aromatic carbocycles. The van der Waals surface area contributed by atoms with E-state index in [0.717, 1.165) is 4.68 Å². The fourth-order valence-electron chi connectivity index (χ4n) is 3.52. The van der Waals surface area contributed by atoms with Gasteiger partial charge in [0, 0.05) is 31.2 Å².